The van der Waals surface area contributed by atoms with Gasteiger partial charge in [0, 0.05) is 0 Å². The molecule has 0 heterocycles. The molecule has 1 N–H and O–H groups in total. The standard InChI is InChI=1S/C23H43NO5.C3H6/c1-4-6-8-10-12-14-16-28-21(3)18-24(19-22(25)26)20-23(27)29-17-15-13-11-9-7-5-2;1-3-2/h3-20H2,1-2H3,(H,25,26);3H,1H2,2H3. The van der Waals surface area contributed by atoms with Crippen molar-refractivity contribution in [3.8, 4) is 0 Å². The second-order valence-electron chi connectivity index (χ2n) is 8.09. The van der Waals surface area contributed by atoms with E-state index in [0.717, 1.165) is 32.1 Å². The highest BCUT2D eigenvalue weighted by Crippen LogP contribution is 2.08. The van der Waals surface area contributed by atoms with Crippen molar-refractivity contribution in [1.82, 2.24) is 4.90 Å². The summed E-state index contributed by atoms with van der Waals surface area (Å²) in [6.45, 7) is 14.4. The Morgan fingerprint density at radius 2 is 1.22 bits per heavy atom. The quantitative estimate of drug-likeness (QED) is 0.0939. The van der Waals surface area contributed by atoms with Gasteiger partial charge in [-0.05, 0) is 19.8 Å². The Balaban J connectivity index is 0. The molecule has 0 unspecified atom stereocenters. The second kappa shape index (κ2) is 25.4. The number of carboxylic acid groups (broad SMARTS) is 1. The summed E-state index contributed by atoms with van der Waals surface area (Å²) in [6, 6.07) is 0. The molecule has 0 fully saturated rings. The van der Waals surface area contributed by atoms with Crippen molar-refractivity contribution < 1.29 is 24.2 Å². The molecule has 0 saturated carbocycles. The molecule has 0 rings (SSSR count). The number of carbonyl (C=O) groups is 2. The summed E-state index contributed by atoms with van der Waals surface area (Å²) in [4.78, 5) is 24.6. The molecule has 6 nitrogen and oxygen atoms in total. The Hall–Kier alpha value is -1.82. The number of hydrogen-bond donors (Lipinski definition) is 1. The molecular formula is C26H49NO5. The molecule has 0 atom stereocenters. The fourth-order valence-corrected chi connectivity index (χ4v) is 3.05. The van der Waals surface area contributed by atoms with Gasteiger partial charge in [0.15, 0.2) is 0 Å². The number of hydrogen-bond acceptors (Lipinski definition) is 5. The van der Waals surface area contributed by atoms with Crippen LogP contribution in [0.2, 0.25) is 0 Å². The van der Waals surface area contributed by atoms with Crippen LogP contribution in [0.25, 0.3) is 0 Å². The topological polar surface area (TPSA) is 76.1 Å². The first-order chi connectivity index (χ1) is 15.4. The number of rotatable bonds is 21. The monoisotopic (exact) mass is 455 g/mol. The van der Waals surface area contributed by atoms with Gasteiger partial charge in [0.1, 0.15) is 5.76 Å². The van der Waals surface area contributed by atoms with Gasteiger partial charge in [-0.3, -0.25) is 14.5 Å². The number of unbranched alkanes of at least 4 members (excludes halogenated alkanes) is 10. The van der Waals surface area contributed by atoms with E-state index in [9.17, 15) is 9.59 Å². The average molecular weight is 456 g/mol. The Morgan fingerprint density at radius 1 is 0.781 bits per heavy atom. The minimum Gasteiger partial charge on any atom is -0.497 e. The van der Waals surface area contributed by atoms with E-state index in [1.54, 1.807) is 6.08 Å². The summed E-state index contributed by atoms with van der Waals surface area (Å²) >= 11 is 0. The van der Waals surface area contributed by atoms with Crippen LogP contribution in [0, 0.1) is 0 Å². The van der Waals surface area contributed by atoms with Crippen LogP contribution in [-0.4, -0.2) is 54.8 Å². The van der Waals surface area contributed by atoms with Crippen molar-refractivity contribution in [2.45, 2.75) is 97.8 Å². The number of esters is 1. The van der Waals surface area contributed by atoms with Gasteiger partial charge in [0.2, 0.25) is 0 Å². The molecule has 6 heteroatoms. The highest BCUT2D eigenvalue weighted by atomic mass is 16.5. The lowest BCUT2D eigenvalue weighted by Gasteiger charge is -2.20. The average Bonchev–Trinajstić information content (AvgIpc) is 2.72. The number of aliphatic carboxylic acids is 1. The van der Waals surface area contributed by atoms with Gasteiger partial charge < -0.3 is 14.6 Å². The Morgan fingerprint density at radius 3 is 1.69 bits per heavy atom. The van der Waals surface area contributed by atoms with Crippen molar-refractivity contribution >= 4 is 11.9 Å². The van der Waals surface area contributed by atoms with Crippen molar-refractivity contribution in [2.24, 2.45) is 0 Å². The lowest BCUT2D eigenvalue weighted by atomic mass is 10.1. The molecule has 0 aliphatic rings. The molecule has 0 aromatic carbocycles. The highest BCUT2D eigenvalue weighted by Gasteiger charge is 2.16. The van der Waals surface area contributed by atoms with E-state index in [1.165, 1.54) is 49.8 Å². The first kappa shape index (κ1) is 32.4. The van der Waals surface area contributed by atoms with E-state index in [1.807, 2.05) is 6.92 Å². The lowest BCUT2D eigenvalue weighted by molar-refractivity contribution is -0.146. The smallest absolute Gasteiger partial charge is 0.320 e. The predicted molar refractivity (Wildman–Crippen MR) is 133 cm³/mol. The zero-order chi connectivity index (χ0) is 24.5. The van der Waals surface area contributed by atoms with Crippen molar-refractivity contribution in [3.63, 3.8) is 0 Å². The number of carbonyl (C=O) groups excluding carboxylic acids is 1. The highest BCUT2D eigenvalue weighted by molar-refractivity contribution is 5.74. The third-order valence-corrected chi connectivity index (χ3v) is 4.68. The van der Waals surface area contributed by atoms with Crippen LogP contribution in [-0.2, 0) is 19.1 Å². The minimum atomic E-state index is -0.988. The summed E-state index contributed by atoms with van der Waals surface area (Å²) in [5.41, 5.74) is 0. The van der Waals surface area contributed by atoms with Crippen LogP contribution in [0.1, 0.15) is 97.8 Å². The molecule has 0 aromatic rings. The van der Waals surface area contributed by atoms with Crippen LogP contribution in [0.5, 0.6) is 0 Å². The Bertz CT molecular complexity index is 447. The van der Waals surface area contributed by atoms with E-state index in [-0.39, 0.29) is 19.6 Å². The van der Waals surface area contributed by atoms with Gasteiger partial charge in [-0.1, -0.05) is 90.7 Å². The normalized spacial score (nSPS) is 10.2. The first-order valence-corrected chi connectivity index (χ1v) is 12.4. The molecule has 188 valence electrons. The van der Waals surface area contributed by atoms with Crippen LogP contribution < -0.4 is 0 Å². The van der Waals surface area contributed by atoms with Crippen molar-refractivity contribution in [3.05, 3.63) is 25.0 Å². The van der Waals surface area contributed by atoms with Gasteiger partial charge in [-0.2, -0.15) is 0 Å². The zero-order valence-corrected chi connectivity index (χ0v) is 21.0. The van der Waals surface area contributed by atoms with E-state index >= 15 is 0 Å². The van der Waals surface area contributed by atoms with Gasteiger partial charge in [0.05, 0.1) is 32.8 Å². The fraction of sp³-hybridized carbons (Fsp3) is 0.769. The van der Waals surface area contributed by atoms with Gasteiger partial charge >= 0.3 is 11.9 Å². The van der Waals surface area contributed by atoms with Crippen LogP contribution in [0.4, 0.5) is 0 Å². The molecule has 0 aliphatic carbocycles. The first-order valence-electron chi connectivity index (χ1n) is 12.4. The summed E-state index contributed by atoms with van der Waals surface area (Å²) in [7, 11) is 0. The van der Waals surface area contributed by atoms with Gasteiger partial charge in [-0.15, -0.1) is 6.58 Å². The molecular weight excluding hydrogens is 406 g/mol. The van der Waals surface area contributed by atoms with Gasteiger partial charge in [-0.25, -0.2) is 0 Å². The lowest BCUT2D eigenvalue weighted by Crippen LogP contribution is -2.37. The van der Waals surface area contributed by atoms with E-state index in [0.29, 0.717) is 19.0 Å². The molecule has 0 bridgehead atoms. The number of ether oxygens (including phenoxy) is 2. The maximum Gasteiger partial charge on any atom is 0.320 e. The van der Waals surface area contributed by atoms with Gasteiger partial charge in [0.25, 0.3) is 0 Å². The molecule has 32 heavy (non-hydrogen) atoms. The summed E-state index contributed by atoms with van der Waals surface area (Å²) in [6.07, 6.45) is 15.5. The Kier molecular flexibility index (Phi) is 25.7. The zero-order valence-electron chi connectivity index (χ0n) is 21.0. The Labute approximate surface area is 197 Å². The molecule has 0 amide bonds. The number of nitrogens with zero attached hydrogens (tertiary/aromatic N) is 1. The molecule has 0 spiro atoms. The summed E-state index contributed by atoms with van der Waals surface area (Å²) in [5, 5.41) is 9.08. The molecule has 0 radical (unpaired) electrons. The fourth-order valence-electron chi connectivity index (χ4n) is 3.05. The van der Waals surface area contributed by atoms with E-state index < -0.39 is 11.9 Å². The third-order valence-electron chi connectivity index (χ3n) is 4.68. The van der Waals surface area contributed by atoms with Crippen LogP contribution in [0.3, 0.4) is 0 Å². The molecule has 0 aliphatic heterocycles. The van der Waals surface area contributed by atoms with E-state index in [2.05, 4.69) is 27.0 Å². The number of allylic oxidation sites excluding steroid dienone is 1. The SMILES string of the molecule is C=C(CN(CC(=O)O)CC(=O)OCCCCCCCC)OCCCCCCCC.C=CC. The summed E-state index contributed by atoms with van der Waals surface area (Å²) < 4.78 is 10.8. The maximum atomic E-state index is 12.0. The summed E-state index contributed by atoms with van der Waals surface area (Å²) in [5.74, 6) is -0.899. The third kappa shape index (κ3) is 26.2. The molecule has 0 aromatic heterocycles. The molecule has 0 saturated heterocycles. The van der Waals surface area contributed by atoms with Crippen molar-refractivity contribution in [1.29, 1.82) is 0 Å². The minimum absolute atomic E-state index is 0.0679. The van der Waals surface area contributed by atoms with Crippen LogP contribution in [0.15, 0.2) is 25.0 Å². The van der Waals surface area contributed by atoms with Crippen molar-refractivity contribution in [2.75, 3.05) is 32.8 Å². The predicted octanol–water partition coefficient (Wildman–Crippen LogP) is 6.36. The second-order valence-corrected chi connectivity index (χ2v) is 8.09. The number of carboxylic acids is 1. The largest absolute Gasteiger partial charge is 0.497 e. The van der Waals surface area contributed by atoms with E-state index in [4.69, 9.17) is 14.6 Å². The maximum absolute atomic E-state index is 12.0. The van der Waals surface area contributed by atoms with Crippen LogP contribution >= 0.6 is 0 Å².